The van der Waals surface area contributed by atoms with Gasteiger partial charge in [0.15, 0.2) is 11.5 Å². The molecule has 0 spiro atoms. The number of rotatable bonds is 7. The van der Waals surface area contributed by atoms with Gasteiger partial charge in [-0.1, -0.05) is 6.92 Å². The maximum atomic E-state index is 8.51. The quantitative estimate of drug-likeness (QED) is 0.763. The van der Waals surface area contributed by atoms with Gasteiger partial charge in [0.1, 0.15) is 5.75 Å². The minimum atomic E-state index is 0.258. The van der Waals surface area contributed by atoms with E-state index < -0.39 is 0 Å². The molecule has 5 nitrogen and oxygen atoms in total. The second-order valence-electron chi connectivity index (χ2n) is 4.20. The summed E-state index contributed by atoms with van der Waals surface area (Å²) in [5.74, 6) is 2.27. The Kier molecular flexibility index (Phi) is 4.87. The molecular formula is C14H18N2O3. The van der Waals surface area contributed by atoms with Crippen LogP contribution in [0.2, 0.25) is 0 Å². The van der Waals surface area contributed by atoms with Crippen LogP contribution < -0.4 is 19.5 Å². The number of unbranched alkanes of at least 4 members (excludes halogenated alkanes) is 1. The number of ether oxygens (including phenoxy) is 3. The molecule has 0 fully saturated rings. The number of nitriles is 1. The SMILES string of the molecule is CCNCc1cc2c(cc1OCCCC#N)OCO2. The zero-order valence-corrected chi connectivity index (χ0v) is 11.1. The summed E-state index contributed by atoms with van der Waals surface area (Å²) in [7, 11) is 0. The summed E-state index contributed by atoms with van der Waals surface area (Å²) < 4.78 is 16.5. The highest BCUT2D eigenvalue weighted by molar-refractivity contribution is 5.51. The van der Waals surface area contributed by atoms with Crippen molar-refractivity contribution in [2.24, 2.45) is 0 Å². The van der Waals surface area contributed by atoms with E-state index in [9.17, 15) is 0 Å². The van der Waals surface area contributed by atoms with Gasteiger partial charge in [0.2, 0.25) is 6.79 Å². The van der Waals surface area contributed by atoms with Crippen LogP contribution in [0.15, 0.2) is 12.1 Å². The zero-order chi connectivity index (χ0) is 13.5. The second-order valence-corrected chi connectivity index (χ2v) is 4.20. The second kappa shape index (κ2) is 6.86. The average Bonchev–Trinajstić information content (AvgIpc) is 2.88. The Balaban J connectivity index is 2.07. The molecule has 1 aliphatic heterocycles. The molecule has 0 radical (unpaired) electrons. The lowest BCUT2D eigenvalue weighted by Gasteiger charge is -2.12. The van der Waals surface area contributed by atoms with Gasteiger partial charge in [-0.25, -0.2) is 0 Å². The fourth-order valence-electron chi connectivity index (χ4n) is 1.83. The molecule has 1 aliphatic rings. The largest absolute Gasteiger partial charge is 0.493 e. The highest BCUT2D eigenvalue weighted by Crippen LogP contribution is 2.38. The molecule has 1 aromatic rings. The van der Waals surface area contributed by atoms with Crippen molar-refractivity contribution in [3.05, 3.63) is 17.7 Å². The monoisotopic (exact) mass is 262 g/mol. The van der Waals surface area contributed by atoms with E-state index in [1.54, 1.807) is 0 Å². The van der Waals surface area contributed by atoms with E-state index in [2.05, 4.69) is 18.3 Å². The fourth-order valence-corrected chi connectivity index (χ4v) is 1.83. The molecule has 0 unspecified atom stereocenters. The van der Waals surface area contributed by atoms with E-state index in [1.807, 2.05) is 12.1 Å². The third kappa shape index (κ3) is 3.52. The van der Waals surface area contributed by atoms with E-state index in [4.69, 9.17) is 19.5 Å². The Labute approximate surface area is 113 Å². The van der Waals surface area contributed by atoms with Crippen molar-refractivity contribution < 1.29 is 14.2 Å². The normalized spacial score (nSPS) is 12.2. The van der Waals surface area contributed by atoms with Gasteiger partial charge in [-0.2, -0.15) is 5.26 Å². The molecule has 0 saturated heterocycles. The first-order chi connectivity index (χ1) is 9.35. The van der Waals surface area contributed by atoms with E-state index >= 15 is 0 Å². The lowest BCUT2D eigenvalue weighted by Crippen LogP contribution is -2.13. The van der Waals surface area contributed by atoms with Crippen LogP contribution in [0.25, 0.3) is 0 Å². The van der Waals surface area contributed by atoms with Gasteiger partial charge in [0.05, 0.1) is 12.7 Å². The maximum absolute atomic E-state index is 8.51. The molecule has 0 saturated carbocycles. The molecule has 0 aromatic heterocycles. The summed E-state index contributed by atoms with van der Waals surface area (Å²) in [6.07, 6.45) is 1.23. The number of nitrogens with one attached hydrogen (secondary N) is 1. The first-order valence-corrected chi connectivity index (χ1v) is 6.48. The van der Waals surface area contributed by atoms with Crippen LogP contribution in [0, 0.1) is 11.3 Å². The van der Waals surface area contributed by atoms with Crippen molar-refractivity contribution in [2.45, 2.75) is 26.3 Å². The molecule has 5 heteroatoms. The fraction of sp³-hybridized carbons (Fsp3) is 0.500. The van der Waals surface area contributed by atoms with Crippen LogP contribution in [0.4, 0.5) is 0 Å². The van der Waals surface area contributed by atoms with Gasteiger partial charge in [-0.05, 0) is 19.0 Å². The summed E-state index contributed by atoms with van der Waals surface area (Å²) in [5.41, 5.74) is 1.04. The Hall–Kier alpha value is -1.93. The molecular weight excluding hydrogens is 244 g/mol. The summed E-state index contributed by atoms with van der Waals surface area (Å²) in [6, 6.07) is 5.92. The van der Waals surface area contributed by atoms with E-state index in [-0.39, 0.29) is 6.79 Å². The van der Waals surface area contributed by atoms with Gasteiger partial charge in [-0.15, -0.1) is 0 Å². The number of fused-ring (bicyclic) bond motifs is 1. The highest BCUT2D eigenvalue weighted by Gasteiger charge is 2.17. The molecule has 19 heavy (non-hydrogen) atoms. The lowest BCUT2D eigenvalue weighted by molar-refractivity contribution is 0.173. The van der Waals surface area contributed by atoms with Crippen LogP contribution in [-0.2, 0) is 6.54 Å². The molecule has 0 atom stereocenters. The molecule has 0 aliphatic carbocycles. The number of nitrogens with zero attached hydrogens (tertiary/aromatic N) is 1. The number of benzene rings is 1. The van der Waals surface area contributed by atoms with Crippen LogP contribution in [-0.4, -0.2) is 19.9 Å². The van der Waals surface area contributed by atoms with E-state index in [0.29, 0.717) is 13.0 Å². The topological polar surface area (TPSA) is 63.5 Å². The molecule has 0 amide bonds. The van der Waals surface area contributed by atoms with Gasteiger partial charge in [0, 0.05) is 24.6 Å². The van der Waals surface area contributed by atoms with E-state index in [0.717, 1.165) is 42.3 Å². The third-order valence-electron chi connectivity index (χ3n) is 2.81. The summed E-state index contributed by atoms with van der Waals surface area (Å²) in [4.78, 5) is 0. The Morgan fingerprint density at radius 1 is 1.37 bits per heavy atom. The van der Waals surface area contributed by atoms with Crippen LogP contribution in [0.3, 0.4) is 0 Å². The van der Waals surface area contributed by atoms with Crippen molar-refractivity contribution in [1.82, 2.24) is 5.32 Å². The van der Waals surface area contributed by atoms with Crippen molar-refractivity contribution >= 4 is 0 Å². The summed E-state index contributed by atoms with van der Waals surface area (Å²) in [5, 5.41) is 11.8. The highest BCUT2D eigenvalue weighted by atomic mass is 16.7. The average molecular weight is 262 g/mol. The van der Waals surface area contributed by atoms with E-state index in [1.165, 1.54) is 0 Å². The standard InChI is InChI=1S/C14H18N2O3/c1-2-16-9-11-7-13-14(19-10-18-13)8-12(11)17-6-4-3-5-15/h7-8,16H,2-4,6,9-10H2,1H3. The molecule has 2 rings (SSSR count). The first kappa shape index (κ1) is 13.5. The molecule has 1 N–H and O–H groups in total. The maximum Gasteiger partial charge on any atom is 0.231 e. The molecule has 0 bridgehead atoms. The minimum Gasteiger partial charge on any atom is -0.493 e. The van der Waals surface area contributed by atoms with Gasteiger partial charge in [-0.3, -0.25) is 0 Å². The van der Waals surface area contributed by atoms with Gasteiger partial charge >= 0.3 is 0 Å². The summed E-state index contributed by atoms with van der Waals surface area (Å²) >= 11 is 0. The van der Waals surface area contributed by atoms with Crippen LogP contribution in [0.1, 0.15) is 25.3 Å². The summed E-state index contributed by atoms with van der Waals surface area (Å²) in [6.45, 7) is 4.46. The lowest BCUT2D eigenvalue weighted by atomic mass is 10.1. The van der Waals surface area contributed by atoms with Crippen molar-refractivity contribution in [1.29, 1.82) is 5.26 Å². The Morgan fingerprint density at radius 2 is 2.16 bits per heavy atom. The Morgan fingerprint density at radius 3 is 2.89 bits per heavy atom. The Bertz CT molecular complexity index is 468. The van der Waals surface area contributed by atoms with Crippen molar-refractivity contribution in [3.63, 3.8) is 0 Å². The minimum absolute atomic E-state index is 0.258. The predicted octanol–water partition coefficient (Wildman–Crippen LogP) is 2.21. The third-order valence-corrected chi connectivity index (χ3v) is 2.81. The number of hydrogen-bond donors (Lipinski definition) is 1. The van der Waals surface area contributed by atoms with Gasteiger partial charge < -0.3 is 19.5 Å². The van der Waals surface area contributed by atoms with Crippen molar-refractivity contribution in [2.75, 3.05) is 19.9 Å². The molecule has 102 valence electrons. The molecule has 1 heterocycles. The first-order valence-electron chi connectivity index (χ1n) is 6.48. The van der Waals surface area contributed by atoms with Gasteiger partial charge in [0.25, 0.3) is 0 Å². The predicted molar refractivity (Wildman–Crippen MR) is 70.3 cm³/mol. The molecule has 1 aromatic carbocycles. The van der Waals surface area contributed by atoms with Crippen LogP contribution >= 0.6 is 0 Å². The number of hydrogen-bond acceptors (Lipinski definition) is 5. The smallest absolute Gasteiger partial charge is 0.231 e. The van der Waals surface area contributed by atoms with Crippen molar-refractivity contribution in [3.8, 4) is 23.3 Å². The zero-order valence-electron chi connectivity index (χ0n) is 11.1. The van der Waals surface area contributed by atoms with Crippen LogP contribution in [0.5, 0.6) is 17.2 Å².